The molecule has 2 aromatic carbocycles. The SMILES string of the molecule is O=C(CNc1ccc2c(c1)OCO2)NCc1ccccc1F. The number of fused-ring (bicyclic) bond motifs is 1. The molecule has 114 valence electrons. The molecule has 0 aromatic heterocycles. The number of nitrogens with one attached hydrogen (secondary N) is 2. The van der Waals surface area contributed by atoms with Crippen molar-refractivity contribution in [3.63, 3.8) is 0 Å². The van der Waals surface area contributed by atoms with Crippen LogP contribution >= 0.6 is 0 Å². The molecule has 6 heteroatoms. The zero-order chi connectivity index (χ0) is 15.4. The van der Waals surface area contributed by atoms with Crippen molar-refractivity contribution in [2.45, 2.75) is 6.54 Å². The molecule has 2 N–H and O–H groups in total. The molecule has 1 heterocycles. The number of halogens is 1. The minimum absolute atomic E-state index is 0.0914. The molecule has 1 amide bonds. The van der Waals surface area contributed by atoms with Crippen molar-refractivity contribution in [2.75, 3.05) is 18.7 Å². The van der Waals surface area contributed by atoms with Crippen LogP contribution in [0.4, 0.5) is 10.1 Å². The Morgan fingerprint density at radius 3 is 2.82 bits per heavy atom. The van der Waals surface area contributed by atoms with E-state index < -0.39 is 0 Å². The molecule has 0 bridgehead atoms. The van der Waals surface area contributed by atoms with Gasteiger partial charge < -0.3 is 20.1 Å². The van der Waals surface area contributed by atoms with E-state index in [-0.39, 0.29) is 31.6 Å². The third-order valence-electron chi connectivity index (χ3n) is 3.26. The molecule has 0 aliphatic carbocycles. The largest absolute Gasteiger partial charge is 0.454 e. The Hall–Kier alpha value is -2.76. The molecule has 0 atom stereocenters. The van der Waals surface area contributed by atoms with Crippen molar-refractivity contribution in [2.24, 2.45) is 0 Å². The molecule has 0 spiro atoms. The van der Waals surface area contributed by atoms with Gasteiger partial charge in [0, 0.05) is 23.9 Å². The lowest BCUT2D eigenvalue weighted by molar-refractivity contribution is -0.119. The van der Waals surface area contributed by atoms with Crippen molar-refractivity contribution >= 4 is 11.6 Å². The van der Waals surface area contributed by atoms with Crippen LogP contribution in [0.1, 0.15) is 5.56 Å². The van der Waals surface area contributed by atoms with Crippen molar-refractivity contribution in [3.8, 4) is 11.5 Å². The Kier molecular flexibility index (Phi) is 4.09. The third kappa shape index (κ3) is 3.28. The van der Waals surface area contributed by atoms with Crippen LogP contribution in [-0.2, 0) is 11.3 Å². The molecule has 0 saturated carbocycles. The highest BCUT2D eigenvalue weighted by atomic mass is 19.1. The molecule has 1 aliphatic heterocycles. The molecular formula is C16H15FN2O3. The summed E-state index contributed by atoms with van der Waals surface area (Å²) >= 11 is 0. The van der Waals surface area contributed by atoms with Crippen LogP contribution in [0.25, 0.3) is 0 Å². The lowest BCUT2D eigenvalue weighted by Gasteiger charge is -2.09. The molecule has 5 nitrogen and oxygen atoms in total. The smallest absolute Gasteiger partial charge is 0.239 e. The van der Waals surface area contributed by atoms with Gasteiger partial charge >= 0.3 is 0 Å². The molecule has 0 radical (unpaired) electrons. The van der Waals surface area contributed by atoms with E-state index in [0.29, 0.717) is 17.1 Å². The normalized spacial score (nSPS) is 12.0. The van der Waals surface area contributed by atoms with E-state index in [9.17, 15) is 9.18 Å². The van der Waals surface area contributed by atoms with E-state index in [4.69, 9.17) is 9.47 Å². The van der Waals surface area contributed by atoms with Gasteiger partial charge in [-0.15, -0.1) is 0 Å². The zero-order valence-corrected chi connectivity index (χ0v) is 11.8. The van der Waals surface area contributed by atoms with E-state index in [2.05, 4.69) is 10.6 Å². The quantitative estimate of drug-likeness (QED) is 0.889. The summed E-state index contributed by atoms with van der Waals surface area (Å²) < 4.78 is 23.9. The van der Waals surface area contributed by atoms with E-state index in [0.717, 1.165) is 5.69 Å². The summed E-state index contributed by atoms with van der Waals surface area (Å²) in [7, 11) is 0. The van der Waals surface area contributed by atoms with Gasteiger partial charge in [0.15, 0.2) is 11.5 Å². The van der Waals surface area contributed by atoms with Crippen molar-refractivity contribution in [1.29, 1.82) is 0 Å². The standard InChI is InChI=1S/C16H15FN2O3/c17-13-4-2-1-3-11(13)8-19-16(20)9-18-12-5-6-14-15(7-12)22-10-21-14/h1-7,18H,8-10H2,(H,19,20). The van der Waals surface area contributed by atoms with Gasteiger partial charge in [0.25, 0.3) is 0 Å². The number of carbonyl (C=O) groups excluding carboxylic acids is 1. The van der Waals surface area contributed by atoms with Gasteiger partial charge in [0.2, 0.25) is 12.7 Å². The molecule has 1 aliphatic rings. The van der Waals surface area contributed by atoms with Gasteiger partial charge in [0.05, 0.1) is 6.54 Å². The average molecular weight is 302 g/mol. The molecule has 0 saturated heterocycles. The van der Waals surface area contributed by atoms with Crippen LogP contribution in [0.15, 0.2) is 42.5 Å². The zero-order valence-electron chi connectivity index (χ0n) is 11.8. The number of anilines is 1. The topological polar surface area (TPSA) is 59.6 Å². The fraction of sp³-hybridized carbons (Fsp3) is 0.188. The highest BCUT2D eigenvalue weighted by Gasteiger charge is 2.13. The lowest BCUT2D eigenvalue weighted by Crippen LogP contribution is -2.29. The summed E-state index contributed by atoms with van der Waals surface area (Å²) in [5.41, 5.74) is 1.21. The minimum atomic E-state index is -0.327. The van der Waals surface area contributed by atoms with E-state index in [1.54, 1.807) is 36.4 Å². The highest BCUT2D eigenvalue weighted by molar-refractivity contribution is 5.80. The Morgan fingerprint density at radius 2 is 1.95 bits per heavy atom. The number of hydrogen-bond acceptors (Lipinski definition) is 4. The number of rotatable bonds is 5. The molecule has 3 rings (SSSR count). The van der Waals surface area contributed by atoms with Crippen molar-refractivity contribution < 1.29 is 18.7 Å². The second-order valence-corrected chi connectivity index (χ2v) is 4.79. The maximum Gasteiger partial charge on any atom is 0.239 e. The second kappa shape index (κ2) is 6.34. The lowest BCUT2D eigenvalue weighted by atomic mass is 10.2. The Labute approximate surface area is 127 Å². The predicted molar refractivity (Wildman–Crippen MR) is 79.3 cm³/mol. The predicted octanol–water partition coefficient (Wildman–Crippen LogP) is 2.28. The van der Waals surface area contributed by atoms with E-state index in [1.165, 1.54) is 6.07 Å². The van der Waals surface area contributed by atoms with Crippen molar-refractivity contribution in [1.82, 2.24) is 5.32 Å². The first-order chi connectivity index (χ1) is 10.7. The maximum atomic E-state index is 13.4. The van der Waals surface area contributed by atoms with Gasteiger partial charge in [-0.25, -0.2) is 4.39 Å². The highest BCUT2D eigenvalue weighted by Crippen LogP contribution is 2.34. The summed E-state index contributed by atoms with van der Waals surface area (Å²) in [6.45, 7) is 0.463. The number of hydrogen-bond donors (Lipinski definition) is 2. The third-order valence-corrected chi connectivity index (χ3v) is 3.26. The molecule has 2 aromatic rings. The molecule has 0 fully saturated rings. The van der Waals surface area contributed by atoms with E-state index in [1.807, 2.05) is 0 Å². The maximum absolute atomic E-state index is 13.4. The van der Waals surface area contributed by atoms with Crippen LogP contribution in [0, 0.1) is 5.82 Å². The van der Waals surface area contributed by atoms with Gasteiger partial charge in [-0.2, -0.15) is 0 Å². The summed E-state index contributed by atoms with van der Waals surface area (Å²) in [6.07, 6.45) is 0. The Balaban J connectivity index is 1.49. The minimum Gasteiger partial charge on any atom is -0.454 e. The first-order valence-corrected chi connectivity index (χ1v) is 6.86. The Bertz CT molecular complexity index is 691. The number of carbonyl (C=O) groups is 1. The van der Waals surface area contributed by atoms with E-state index >= 15 is 0 Å². The fourth-order valence-electron chi connectivity index (χ4n) is 2.09. The number of ether oxygens (including phenoxy) is 2. The van der Waals surface area contributed by atoms with Gasteiger partial charge in [-0.3, -0.25) is 4.79 Å². The van der Waals surface area contributed by atoms with Crippen LogP contribution in [0.3, 0.4) is 0 Å². The summed E-state index contributed by atoms with van der Waals surface area (Å²) in [6, 6.07) is 11.7. The monoisotopic (exact) mass is 302 g/mol. The summed E-state index contributed by atoms with van der Waals surface area (Å²) in [5.74, 6) is 0.791. The number of benzene rings is 2. The number of amides is 1. The summed E-state index contributed by atoms with van der Waals surface area (Å²) in [5, 5.41) is 5.65. The molecule has 0 unspecified atom stereocenters. The van der Waals surface area contributed by atoms with Gasteiger partial charge in [-0.1, -0.05) is 18.2 Å². The van der Waals surface area contributed by atoms with Crippen LogP contribution in [0.2, 0.25) is 0 Å². The summed E-state index contributed by atoms with van der Waals surface area (Å²) in [4.78, 5) is 11.8. The average Bonchev–Trinajstić information content (AvgIpc) is 2.99. The fourth-order valence-corrected chi connectivity index (χ4v) is 2.09. The molecular weight excluding hydrogens is 287 g/mol. The van der Waals surface area contributed by atoms with Crippen LogP contribution in [-0.4, -0.2) is 19.2 Å². The first kappa shape index (κ1) is 14.2. The van der Waals surface area contributed by atoms with Crippen LogP contribution in [0.5, 0.6) is 11.5 Å². The van der Waals surface area contributed by atoms with Gasteiger partial charge in [-0.05, 0) is 18.2 Å². The molecule has 22 heavy (non-hydrogen) atoms. The second-order valence-electron chi connectivity index (χ2n) is 4.79. The first-order valence-electron chi connectivity index (χ1n) is 6.86. The van der Waals surface area contributed by atoms with Crippen LogP contribution < -0.4 is 20.1 Å². The Morgan fingerprint density at radius 1 is 1.14 bits per heavy atom. The van der Waals surface area contributed by atoms with Crippen molar-refractivity contribution in [3.05, 3.63) is 53.8 Å². The van der Waals surface area contributed by atoms with Gasteiger partial charge in [0.1, 0.15) is 5.82 Å².